The maximum absolute atomic E-state index is 11.4. The summed E-state index contributed by atoms with van der Waals surface area (Å²) in [4.78, 5) is 13.8. The minimum absolute atomic E-state index is 0.203. The zero-order valence-electron chi connectivity index (χ0n) is 11.5. The third-order valence-corrected chi connectivity index (χ3v) is 4.00. The van der Waals surface area contributed by atoms with Gasteiger partial charge >= 0.3 is 5.97 Å². The van der Waals surface area contributed by atoms with E-state index in [0.29, 0.717) is 11.0 Å². The van der Waals surface area contributed by atoms with Crippen LogP contribution in [0.25, 0.3) is 11.0 Å². The molecule has 3 rings (SSSR count). The average Bonchev–Trinajstić information content (AvgIpc) is 2.91. The summed E-state index contributed by atoms with van der Waals surface area (Å²) in [5.41, 5.74) is 1.57. The zero-order valence-corrected chi connectivity index (χ0v) is 11.5. The first-order valence-electron chi connectivity index (χ1n) is 7.00. The first-order chi connectivity index (χ1) is 9.70. The van der Waals surface area contributed by atoms with E-state index in [-0.39, 0.29) is 11.6 Å². The molecular formula is C14H18N4O2. The molecule has 1 N–H and O–H groups in total. The Morgan fingerprint density at radius 3 is 3.10 bits per heavy atom. The molecule has 1 aromatic carbocycles. The van der Waals surface area contributed by atoms with Gasteiger partial charge in [-0.05, 0) is 38.1 Å². The van der Waals surface area contributed by atoms with Crippen LogP contribution >= 0.6 is 0 Å². The van der Waals surface area contributed by atoms with E-state index in [0.717, 1.165) is 32.5 Å². The van der Waals surface area contributed by atoms with Crippen molar-refractivity contribution in [3.8, 4) is 0 Å². The van der Waals surface area contributed by atoms with E-state index in [1.54, 1.807) is 16.8 Å². The summed E-state index contributed by atoms with van der Waals surface area (Å²) in [5.74, 6) is -0.928. The number of aromatic carboxylic acids is 1. The Bertz CT molecular complexity index is 637. The van der Waals surface area contributed by atoms with Gasteiger partial charge in [0.25, 0.3) is 0 Å². The highest BCUT2D eigenvalue weighted by Crippen LogP contribution is 2.26. The van der Waals surface area contributed by atoms with Crippen LogP contribution in [0.2, 0.25) is 0 Å². The first-order valence-corrected chi connectivity index (χ1v) is 7.00. The molecular weight excluding hydrogens is 256 g/mol. The number of carboxylic acids is 1. The lowest BCUT2D eigenvalue weighted by molar-refractivity contribution is 0.0698. The third kappa shape index (κ3) is 2.16. The molecule has 1 atom stereocenters. The van der Waals surface area contributed by atoms with Crippen LogP contribution in [0.5, 0.6) is 0 Å². The van der Waals surface area contributed by atoms with E-state index >= 15 is 0 Å². The summed E-state index contributed by atoms with van der Waals surface area (Å²) < 4.78 is 1.81. The number of fused-ring (bicyclic) bond motifs is 1. The molecule has 106 valence electrons. The number of aromatic nitrogens is 3. The molecule has 0 bridgehead atoms. The van der Waals surface area contributed by atoms with Crippen molar-refractivity contribution in [1.29, 1.82) is 0 Å². The molecule has 0 spiro atoms. The van der Waals surface area contributed by atoms with Crippen LogP contribution < -0.4 is 0 Å². The largest absolute Gasteiger partial charge is 0.478 e. The number of para-hydroxylation sites is 1. The number of carbonyl (C=O) groups is 1. The van der Waals surface area contributed by atoms with Crippen LogP contribution in [-0.2, 0) is 0 Å². The van der Waals surface area contributed by atoms with Gasteiger partial charge in [-0.15, -0.1) is 5.10 Å². The molecule has 6 nitrogen and oxygen atoms in total. The fourth-order valence-corrected chi connectivity index (χ4v) is 2.94. The van der Waals surface area contributed by atoms with Gasteiger partial charge in [-0.3, -0.25) is 0 Å². The lowest BCUT2D eigenvalue weighted by atomic mass is 10.1. The minimum Gasteiger partial charge on any atom is -0.478 e. The normalized spacial score (nSPS) is 20.4. The van der Waals surface area contributed by atoms with Gasteiger partial charge in [0.05, 0.1) is 11.6 Å². The summed E-state index contributed by atoms with van der Waals surface area (Å²) in [7, 11) is 0. The molecule has 1 fully saturated rings. The van der Waals surface area contributed by atoms with Crippen molar-refractivity contribution >= 4 is 17.0 Å². The number of hydrogen-bond acceptors (Lipinski definition) is 4. The van der Waals surface area contributed by atoms with Gasteiger partial charge in [-0.2, -0.15) is 0 Å². The van der Waals surface area contributed by atoms with Gasteiger partial charge in [0, 0.05) is 6.54 Å². The fourth-order valence-electron chi connectivity index (χ4n) is 2.94. The van der Waals surface area contributed by atoms with E-state index in [1.807, 2.05) is 6.07 Å². The number of benzene rings is 1. The number of rotatable bonds is 3. The topological polar surface area (TPSA) is 71.2 Å². The van der Waals surface area contributed by atoms with E-state index in [2.05, 4.69) is 22.1 Å². The highest BCUT2D eigenvalue weighted by molar-refractivity contribution is 6.00. The fraction of sp³-hybridized carbons (Fsp3) is 0.500. The Kier molecular flexibility index (Phi) is 3.40. The van der Waals surface area contributed by atoms with Crippen LogP contribution in [0.3, 0.4) is 0 Å². The first kappa shape index (κ1) is 13.1. The predicted molar refractivity (Wildman–Crippen MR) is 74.9 cm³/mol. The molecule has 2 aromatic rings. The number of likely N-dealkylation sites (N-methyl/N-ethyl adjacent to an activating group) is 1. The standard InChI is InChI=1S/C14H18N4O2/c1-2-17-8-4-5-10(9-17)18-13-11(14(19)20)6-3-7-12(13)15-16-18/h3,6-7,10H,2,4-5,8-9H2,1H3,(H,19,20). The van der Waals surface area contributed by atoms with E-state index < -0.39 is 5.97 Å². The summed E-state index contributed by atoms with van der Waals surface area (Å²) in [6.45, 7) is 5.16. The molecule has 6 heteroatoms. The Balaban J connectivity index is 2.05. The van der Waals surface area contributed by atoms with Crippen molar-refractivity contribution in [1.82, 2.24) is 19.9 Å². The van der Waals surface area contributed by atoms with Crippen molar-refractivity contribution in [2.75, 3.05) is 19.6 Å². The molecule has 20 heavy (non-hydrogen) atoms. The van der Waals surface area contributed by atoms with E-state index in [4.69, 9.17) is 0 Å². The Morgan fingerprint density at radius 1 is 1.50 bits per heavy atom. The van der Waals surface area contributed by atoms with Gasteiger partial charge < -0.3 is 10.0 Å². The summed E-state index contributed by atoms with van der Waals surface area (Å²) in [6.07, 6.45) is 2.12. The van der Waals surface area contributed by atoms with Gasteiger partial charge in [-0.25, -0.2) is 9.48 Å². The lowest BCUT2D eigenvalue weighted by Gasteiger charge is -2.31. The summed E-state index contributed by atoms with van der Waals surface area (Å²) in [6, 6.07) is 5.34. The molecule has 1 saturated heterocycles. The second-order valence-electron chi connectivity index (χ2n) is 5.20. The van der Waals surface area contributed by atoms with Crippen molar-refractivity contribution in [3.63, 3.8) is 0 Å². The minimum atomic E-state index is -0.928. The Hall–Kier alpha value is -1.95. The maximum Gasteiger partial charge on any atom is 0.337 e. The Morgan fingerprint density at radius 2 is 2.35 bits per heavy atom. The molecule has 1 aliphatic rings. The molecule has 0 amide bonds. The number of likely N-dealkylation sites (tertiary alicyclic amines) is 1. The molecule has 1 unspecified atom stereocenters. The number of hydrogen-bond donors (Lipinski definition) is 1. The van der Waals surface area contributed by atoms with Crippen molar-refractivity contribution in [2.24, 2.45) is 0 Å². The SMILES string of the molecule is CCN1CCCC(n2nnc3cccc(C(=O)O)c32)C1. The van der Waals surface area contributed by atoms with Crippen LogP contribution in [-0.4, -0.2) is 50.6 Å². The number of piperidine rings is 1. The number of carboxylic acid groups (broad SMARTS) is 1. The average molecular weight is 274 g/mol. The molecule has 0 aliphatic carbocycles. The molecule has 0 saturated carbocycles. The van der Waals surface area contributed by atoms with Gasteiger partial charge in [-0.1, -0.05) is 18.2 Å². The molecule has 1 aliphatic heterocycles. The van der Waals surface area contributed by atoms with Crippen LogP contribution in [0.1, 0.15) is 36.2 Å². The van der Waals surface area contributed by atoms with Crippen molar-refractivity contribution in [3.05, 3.63) is 23.8 Å². The van der Waals surface area contributed by atoms with Crippen molar-refractivity contribution in [2.45, 2.75) is 25.8 Å². The van der Waals surface area contributed by atoms with E-state index in [1.165, 1.54) is 0 Å². The molecule has 1 aromatic heterocycles. The predicted octanol–water partition coefficient (Wildman–Crippen LogP) is 1.79. The van der Waals surface area contributed by atoms with Crippen molar-refractivity contribution < 1.29 is 9.90 Å². The monoisotopic (exact) mass is 274 g/mol. The quantitative estimate of drug-likeness (QED) is 0.923. The third-order valence-electron chi connectivity index (χ3n) is 4.00. The lowest BCUT2D eigenvalue weighted by Crippen LogP contribution is -2.36. The molecule has 0 radical (unpaired) electrons. The second-order valence-corrected chi connectivity index (χ2v) is 5.20. The summed E-state index contributed by atoms with van der Waals surface area (Å²) >= 11 is 0. The van der Waals surface area contributed by atoms with Crippen LogP contribution in [0.4, 0.5) is 0 Å². The summed E-state index contributed by atoms with van der Waals surface area (Å²) in [5, 5.41) is 17.7. The van der Waals surface area contributed by atoms with Gasteiger partial charge in [0.15, 0.2) is 0 Å². The van der Waals surface area contributed by atoms with E-state index in [9.17, 15) is 9.90 Å². The van der Waals surface area contributed by atoms with Crippen LogP contribution in [0, 0.1) is 0 Å². The van der Waals surface area contributed by atoms with Gasteiger partial charge in [0.1, 0.15) is 11.0 Å². The smallest absolute Gasteiger partial charge is 0.337 e. The highest BCUT2D eigenvalue weighted by Gasteiger charge is 2.24. The molecule has 2 heterocycles. The number of nitrogens with zero attached hydrogens (tertiary/aromatic N) is 4. The van der Waals surface area contributed by atoms with Gasteiger partial charge in [0.2, 0.25) is 0 Å². The zero-order chi connectivity index (χ0) is 14.1. The second kappa shape index (κ2) is 5.20. The Labute approximate surface area is 117 Å². The van der Waals surface area contributed by atoms with Crippen LogP contribution in [0.15, 0.2) is 18.2 Å². The highest BCUT2D eigenvalue weighted by atomic mass is 16.4. The maximum atomic E-state index is 11.4.